The third kappa shape index (κ3) is 5.64. The summed E-state index contributed by atoms with van der Waals surface area (Å²) in [6.07, 6.45) is 1.21. The van der Waals surface area contributed by atoms with Gasteiger partial charge < -0.3 is 24.8 Å². The maximum Gasteiger partial charge on any atom is 0.226 e. The van der Waals surface area contributed by atoms with Crippen molar-refractivity contribution in [3.8, 4) is 17.2 Å². The summed E-state index contributed by atoms with van der Waals surface area (Å²) in [5.74, 6) is 1.83. The van der Waals surface area contributed by atoms with Gasteiger partial charge in [0.1, 0.15) is 19.0 Å². The normalized spacial score (nSPS) is 12.2. The monoisotopic (exact) mass is 384 g/mol. The van der Waals surface area contributed by atoms with E-state index in [1.54, 1.807) is 25.3 Å². The van der Waals surface area contributed by atoms with Crippen LogP contribution in [-0.4, -0.2) is 38.7 Å². The van der Waals surface area contributed by atoms with Gasteiger partial charge in [-0.05, 0) is 36.2 Å². The van der Waals surface area contributed by atoms with Crippen LogP contribution >= 0.6 is 0 Å². The van der Waals surface area contributed by atoms with Crippen molar-refractivity contribution in [2.45, 2.75) is 19.3 Å². The van der Waals surface area contributed by atoms with Crippen LogP contribution in [0.4, 0.5) is 5.69 Å². The van der Waals surface area contributed by atoms with Gasteiger partial charge in [-0.25, -0.2) is 0 Å². The third-order valence-electron chi connectivity index (χ3n) is 4.30. The number of aryl methyl sites for hydroxylation is 1. The van der Waals surface area contributed by atoms with E-state index in [0.29, 0.717) is 43.2 Å². The standard InChI is InChI=1S/C21H24N2O5/c1-26-17-6-2-15(3-7-17)4-9-20(24)22-11-10-21(25)23-16-5-8-18-19(14-16)28-13-12-27-18/h2-3,5-8,14H,4,9-13H2,1H3,(H,22,24)(H,23,25). The largest absolute Gasteiger partial charge is 0.497 e. The van der Waals surface area contributed by atoms with Gasteiger partial charge in [-0.2, -0.15) is 0 Å². The van der Waals surface area contributed by atoms with Crippen LogP contribution in [0.2, 0.25) is 0 Å². The van der Waals surface area contributed by atoms with Gasteiger partial charge in [0.2, 0.25) is 11.8 Å². The van der Waals surface area contributed by atoms with Gasteiger partial charge in [-0.3, -0.25) is 9.59 Å². The number of hydrogen-bond donors (Lipinski definition) is 2. The predicted octanol–water partition coefficient (Wildman–Crippen LogP) is 2.54. The highest BCUT2D eigenvalue weighted by atomic mass is 16.6. The first kappa shape index (κ1) is 19.5. The van der Waals surface area contributed by atoms with Gasteiger partial charge in [0.15, 0.2) is 11.5 Å². The molecule has 0 saturated heterocycles. The van der Waals surface area contributed by atoms with Gasteiger partial charge >= 0.3 is 0 Å². The first-order valence-corrected chi connectivity index (χ1v) is 9.23. The molecule has 0 fully saturated rings. The molecule has 0 spiro atoms. The molecule has 2 N–H and O–H groups in total. The highest BCUT2D eigenvalue weighted by Gasteiger charge is 2.13. The topological polar surface area (TPSA) is 85.9 Å². The van der Waals surface area contributed by atoms with Crippen LogP contribution in [0.1, 0.15) is 18.4 Å². The Bertz CT molecular complexity index is 820. The van der Waals surface area contributed by atoms with Crippen molar-refractivity contribution in [3.05, 3.63) is 48.0 Å². The number of ether oxygens (including phenoxy) is 3. The Hall–Kier alpha value is -3.22. The summed E-state index contributed by atoms with van der Waals surface area (Å²) in [4.78, 5) is 24.0. The Morgan fingerprint density at radius 3 is 2.46 bits per heavy atom. The third-order valence-corrected chi connectivity index (χ3v) is 4.30. The molecule has 2 amide bonds. The van der Waals surface area contributed by atoms with E-state index in [2.05, 4.69) is 10.6 Å². The zero-order valence-corrected chi connectivity index (χ0v) is 15.8. The Morgan fingerprint density at radius 1 is 0.964 bits per heavy atom. The number of fused-ring (bicyclic) bond motifs is 1. The van der Waals surface area contributed by atoms with E-state index >= 15 is 0 Å². The van der Waals surface area contributed by atoms with Gasteiger partial charge in [-0.1, -0.05) is 12.1 Å². The van der Waals surface area contributed by atoms with Gasteiger partial charge in [-0.15, -0.1) is 0 Å². The minimum absolute atomic E-state index is 0.0806. The van der Waals surface area contributed by atoms with Crippen LogP contribution in [0.25, 0.3) is 0 Å². The van der Waals surface area contributed by atoms with E-state index < -0.39 is 0 Å². The molecule has 0 saturated carbocycles. The molecule has 0 unspecified atom stereocenters. The molecule has 0 bridgehead atoms. The van der Waals surface area contributed by atoms with Crippen LogP contribution in [0.3, 0.4) is 0 Å². The summed E-state index contributed by atoms with van der Waals surface area (Å²) in [6, 6.07) is 12.9. The van der Waals surface area contributed by atoms with Crippen molar-refractivity contribution in [3.63, 3.8) is 0 Å². The minimum Gasteiger partial charge on any atom is -0.497 e. The molecular formula is C21H24N2O5. The Balaban J connectivity index is 1.35. The SMILES string of the molecule is COc1ccc(CCC(=O)NCCC(=O)Nc2ccc3c(c2)OCCO3)cc1. The number of amides is 2. The van der Waals surface area contributed by atoms with Crippen molar-refractivity contribution < 1.29 is 23.8 Å². The number of hydrogen-bond acceptors (Lipinski definition) is 5. The predicted molar refractivity (Wildman–Crippen MR) is 105 cm³/mol. The number of nitrogens with one attached hydrogen (secondary N) is 2. The van der Waals surface area contributed by atoms with Crippen molar-refractivity contribution in [1.29, 1.82) is 0 Å². The highest BCUT2D eigenvalue weighted by Crippen LogP contribution is 2.32. The van der Waals surface area contributed by atoms with Crippen LogP contribution in [0.15, 0.2) is 42.5 Å². The average molecular weight is 384 g/mol. The van der Waals surface area contributed by atoms with Gasteiger partial charge in [0, 0.05) is 31.1 Å². The van der Waals surface area contributed by atoms with Crippen molar-refractivity contribution in [2.75, 3.05) is 32.2 Å². The summed E-state index contributed by atoms with van der Waals surface area (Å²) in [5, 5.41) is 5.57. The van der Waals surface area contributed by atoms with Gasteiger partial charge in [0.25, 0.3) is 0 Å². The summed E-state index contributed by atoms with van der Waals surface area (Å²) < 4.78 is 16.1. The molecule has 148 valence electrons. The first-order valence-electron chi connectivity index (χ1n) is 9.23. The molecule has 0 aromatic heterocycles. The molecular weight excluding hydrogens is 360 g/mol. The van der Waals surface area contributed by atoms with Crippen LogP contribution in [0, 0.1) is 0 Å². The quantitative estimate of drug-likeness (QED) is 0.731. The molecule has 0 atom stereocenters. The molecule has 1 heterocycles. The van der Waals surface area contributed by atoms with E-state index in [4.69, 9.17) is 14.2 Å². The lowest BCUT2D eigenvalue weighted by molar-refractivity contribution is -0.121. The number of carbonyl (C=O) groups is 2. The summed E-state index contributed by atoms with van der Waals surface area (Å²) in [6.45, 7) is 1.31. The number of methoxy groups -OCH3 is 1. The second-order valence-electron chi connectivity index (χ2n) is 6.35. The van der Waals surface area contributed by atoms with E-state index in [1.807, 2.05) is 24.3 Å². The Morgan fingerprint density at radius 2 is 1.71 bits per heavy atom. The molecule has 7 nitrogen and oxygen atoms in total. The summed E-state index contributed by atoms with van der Waals surface area (Å²) in [7, 11) is 1.62. The van der Waals surface area contributed by atoms with Crippen LogP contribution in [0.5, 0.6) is 17.2 Å². The van der Waals surface area contributed by atoms with E-state index in [9.17, 15) is 9.59 Å². The molecule has 7 heteroatoms. The fourth-order valence-corrected chi connectivity index (χ4v) is 2.80. The van der Waals surface area contributed by atoms with E-state index in [-0.39, 0.29) is 24.8 Å². The van der Waals surface area contributed by atoms with Crippen molar-refractivity contribution in [1.82, 2.24) is 5.32 Å². The lowest BCUT2D eigenvalue weighted by Crippen LogP contribution is -2.27. The highest BCUT2D eigenvalue weighted by molar-refractivity contribution is 5.91. The second kappa shape index (κ2) is 9.64. The molecule has 1 aliphatic rings. The van der Waals surface area contributed by atoms with E-state index in [1.165, 1.54) is 0 Å². The average Bonchev–Trinajstić information content (AvgIpc) is 2.72. The lowest BCUT2D eigenvalue weighted by Gasteiger charge is -2.19. The Labute approximate surface area is 164 Å². The Kier molecular flexibility index (Phi) is 6.73. The van der Waals surface area contributed by atoms with Crippen molar-refractivity contribution in [2.24, 2.45) is 0 Å². The lowest BCUT2D eigenvalue weighted by atomic mass is 10.1. The van der Waals surface area contributed by atoms with Crippen LogP contribution in [-0.2, 0) is 16.0 Å². The number of rotatable bonds is 8. The minimum atomic E-state index is -0.174. The molecule has 0 aliphatic carbocycles. The maximum atomic E-state index is 12.1. The fraction of sp³-hybridized carbons (Fsp3) is 0.333. The van der Waals surface area contributed by atoms with Gasteiger partial charge in [0.05, 0.1) is 7.11 Å². The zero-order chi connectivity index (χ0) is 19.8. The molecule has 2 aromatic carbocycles. The molecule has 2 aromatic rings. The molecule has 0 radical (unpaired) electrons. The second-order valence-corrected chi connectivity index (χ2v) is 6.35. The number of benzene rings is 2. The number of carbonyl (C=O) groups excluding carboxylic acids is 2. The number of anilines is 1. The maximum absolute atomic E-state index is 12.1. The fourth-order valence-electron chi connectivity index (χ4n) is 2.80. The molecule has 3 rings (SSSR count). The summed E-state index contributed by atoms with van der Waals surface area (Å²) >= 11 is 0. The van der Waals surface area contributed by atoms with Crippen LogP contribution < -0.4 is 24.8 Å². The first-order chi connectivity index (χ1) is 13.6. The van der Waals surface area contributed by atoms with Crippen molar-refractivity contribution >= 4 is 17.5 Å². The summed E-state index contributed by atoms with van der Waals surface area (Å²) in [5.41, 5.74) is 1.70. The smallest absolute Gasteiger partial charge is 0.226 e. The molecule has 28 heavy (non-hydrogen) atoms. The molecule has 1 aliphatic heterocycles. The van der Waals surface area contributed by atoms with E-state index in [0.717, 1.165) is 11.3 Å². The zero-order valence-electron chi connectivity index (χ0n) is 15.8.